The van der Waals surface area contributed by atoms with Crippen LogP contribution in [-0.4, -0.2) is 4.92 Å². The lowest BCUT2D eigenvalue weighted by molar-refractivity contribution is -0.384. The van der Waals surface area contributed by atoms with E-state index in [-0.39, 0.29) is 10.6 Å². The molecule has 3 rings (SSSR count). The number of hydrogen-bond donors (Lipinski definition) is 0. The van der Waals surface area contributed by atoms with E-state index in [0.29, 0.717) is 17.3 Å². The maximum Gasteiger partial charge on any atom is 0.269 e. The highest BCUT2D eigenvalue weighted by Gasteiger charge is 2.44. The minimum absolute atomic E-state index is 0.183. The quantitative estimate of drug-likeness (QED) is 0.432. The lowest BCUT2D eigenvalue weighted by atomic mass is 9.55. The zero-order valence-corrected chi connectivity index (χ0v) is 13.0. The highest BCUT2D eigenvalue weighted by molar-refractivity contribution is 5.36. The van der Waals surface area contributed by atoms with Crippen LogP contribution in [0.25, 0.3) is 0 Å². The molecule has 2 aliphatic carbocycles. The number of benzene rings is 1. The highest BCUT2D eigenvalue weighted by Crippen LogP contribution is 2.55. The van der Waals surface area contributed by atoms with Gasteiger partial charge in [0.25, 0.3) is 5.69 Å². The highest BCUT2D eigenvalue weighted by atomic mass is 16.6. The Morgan fingerprint density at radius 2 is 1.86 bits per heavy atom. The second-order valence-corrected chi connectivity index (χ2v) is 7.37. The normalized spacial score (nSPS) is 30.6. The van der Waals surface area contributed by atoms with Crippen LogP contribution in [0.5, 0.6) is 0 Å². The number of nitro benzene ring substituents is 1. The third-order valence-electron chi connectivity index (χ3n) is 5.72. The van der Waals surface area contributed by atoms with E-state index in [0.717, 1.165) is 5.92 Å². The van der Waals surface area contributed by atoms with E-state index in [1.54, 1.807) is 12.1 Å². The first kappa shape index (κ1) is 14.3. The molecule has 0 radical (unpaired) electrons. The number of allylic oxidation sites excluding steroid dienone is 2. The van der Waals surface area contributed by atoms with Crippen molar-refractivity contribution in [3.8, 4) is 0 Å². The summed E-state index contributed by atoms with van der Waals surface area (Å²) in [6.45, 7) is 7.00. The van der Waals surface area contributed by atoms with Crippen molar-refractivity contribution in [2.75, 3.05) is 0 Å². The molecule has 3 nitrogen and oxygen atoms in total. The van der Waals surface area contributed by atoms with Gasteiger partial charge in [-0.2, -0.15) is 0 Å². The van der Waals surface area contributed by atoms with Gasteiger partial charge in [0.05, 0.1) is 4.92 Å². The molecular weight excluding hydrogens is 262 g/mol. The zero-order chi connectivity index (χ0) is 15.2. The molecule has 0 saturated heterocycles. The van der Waals surface area contributed by atoms with Crippen molar-refractivity contribution in [2.24, 2.45) is 17.3 Å². The van der Waals surface area contributed by atoms with Crippen LogP contribution in [0.2, 0.25) is 0 Å². The number of non-ortho nitro benzene ring substituents is 1. The fourth-order valence-corrected chi connectivity index (χ4v) is 4.26. The van der Waals surface area contributed by atoms with Crippen molar-refractivity contribution >= 4 is 5.69 Å². The molecule has 0 aliphatic heterocycles. The molecule has 2 bridgehead atoms. The molecule has 3 atom stereocenters. The lowest BCUT2D eigenvalue weighted by Gasteiger charge is -2.49. The minimum Gasteiger partial charge on any atom is -0.258 e. The predicted octanol–water partition coefficient (Wildman–Crippen LogP) is 5.08. The van der Waals surface area contributed by atoms with Gasteiger partial charge in [-0.25, -0.2) is 0 Å². The number of rotatable bonds is 2. The third-order valence-corrected chi connectivity index (χ3v) is 5.72. The fourth-order valence-electron chi connectivity index (χ4n) is 4.26. The van der Waals surface area contributed by atoms with Crippen molar-refractivity contribution in [1.29, 1.82) is 0 Å². The Morgan fingerprint density at radius 1 is 1.19 bits per heavy atom. The topological polar surface area (TPSA) is 43.1 Å². The Balaban J connectivity index is 1.94. The van der Waals surface area contributed by atoms with Crippen molar-refractivity contribution < 1.29 is 4.92 Å². The summed E-state index contributed by atoms with van der Waals surface area (Å²) in [6, 6.07) is 7.22. The van der Waals surface area contributed by atoms with Gasteiger partial charge in [0.2, 0.25) is 0 Å². The summed E-state index contributed by atoms with van der Waals surface area (Å²) in [5.41, 5.74) is 3.29. The van der Waals surface area contributed by atoms with Gasteiger partial charge in [0.1, 0.15) is 0 Å². The molecule has 1 aromatic carbocycles. The molecule has 112 valence electrons. The van der Waals surface area contributed by atoms with Crippen LogP contribution in [-0.2, 0) is 0 Å². The largest absolute Gasteiger partial charge is 0.269 e. The van der Waals surface area contributed by atoms with Crippen LogP contribution in [0, 0.1) is 27.4 Å². The van der Waals surface area contributed by atoms with Gasteiger partial charge in [-0.3, -0.25) is 10.1 Å². The summed E-state index contributed by atoms with van der Waals surface area (Å²) in [5, 5.41) is 10.8. The van der Waals surface area contributed by atoms with Crippen LogP contribution in [0.1, 0.15) is 51.5 Å². The predicted molar refractivity (Wildman–Crippen MR) is 84.2 cm³/mol. The molecule has 0 amide bonds. The maximum atomic E-state index is 10.8. The second kappa shape index (κ2) is 4.97. The SMILES string of the molecule is CC1=CC[C@H]2C[C@@H]1[C@H](c1ccc([N+](=O)[O-])cc1)CC2(C)C. The molecule has 0 aromatic heterocycles. The van der Waals surface area contributed by atoms with Gasteiger partial charge >= 0.3 is 0 Å². The monoisotopic (exact) mass is 285 g/mol. The van der Waals surface area contributed by atoms with Crippen molar-refractivity contribution in [3.63, 3.8) is 0 Å². The van der Waals surface area contributed by atoms with Gasteiger partial charge in [0, 0.05) is 12.1 Å². The van der Waals surface area contributed by atoms with Gasteiger partial charge in [-0.05, 0) is 54.9 Å². The fraction of sp³-hybridized carbons (Fsp3) is 0.556. The van der Waals surface area contributed by atoms with Gasteiger partial charge in [-0.15, -0.1) is 0 Å². The van der Waals surface area contributed by atoms with Crippen LogP contribution < -0.4 is 0 Å². The maximum absolute atomic E-state index is 10.8. The molecule has 3 heteroatoms. The Kier molecular flexibility index (Phi) is 3.39. The molecule has 1 saturated carbocycles. The average Bonchev–Trinajstić information content (AvgIpc) is 2.45. The van der Waals surface area contributed by atoms with E-state index in [1.165, 1.54) is 30.4 Å². The van der Waals surface area contributed by atoms with E-state index in [2.05, 4.69) is 26.8 Å². The molecule has 21 heavy (non-hydrogen) atoms. The number of nitro groups is 1. The van der Waals surface area contributed by atoms with Gasteiger partial charge < -0.3 is 0 Å². The minimum atomic E-state index is -0.323. The molecule has 1 fully saturated rings. The summed E-state index contributed by atoms with van der Waals surface area (Å²) < 4.78 is 0. The van der Waals surface area contributed by atoms with E-state index < -0.39 is 0 Å². The lowest BCUT2D eigenvalue weighted by Crippen LogP contribution is -2.38. The first-order valence-corrected chi connectivity index (χ1v) is 7.79. The van der Waals surface area contributed by atoms with E-state index in [4.69, 9.17) is 0 Å². The summed E-state index contributed by atoms with van der Waals surface area (Å²) in [4.78, 5) is 10.5. The Labute approximate surface area is 126 Å². The smallest absolute Gasteiger partial charge is 0.258 e. The first-order valence-electron chi connectivity index (χ1n) is 7.79. The Morgan fingerprint density at radius 3 is 2.48 bits per heavy atom. The van der Waals surface area contributed by atoms with E-state index in [1.807, 2.05) is 12.1 Å². The summed E-state index contributed by atoms with van der Waals surface area (Å²) in [6.07, 6.45) is 6.06. The van der Waals surface area contributed by atoms with Crippen molar-refractivity contribution in [3.05, 3.63) is 51.6 Å². The van der Waals surface area contributed by atoms with Crippen LogP contribution in [0.4, 0.5) is 5.69 Å². The van der Waals surface area contributed by atoms with Gasteiger partial charge in [-0.1, -0.05) is 37.6 Å². The van der Waals surface area contributed by atoms with Crippen LogP contribution in [0.15, 0.2) is 35.9 Å². The first-order chi connectivity index (χ1) is 9.88. The average molecular weight is 285 g/mol. The molecule has 0 N–H and O–H groups in total. The van der Waals surface area contributed by atoms with Crippen molar-refractivity contribution in [2.45, 2.75) is 46.0 Å². The zero-order valence-electron chi connectivity index (χ0n) is 13.0. The van der Waals surface area contributed by atoms with Crippen molar-refractivity contribution in [1.82, 2.24) is 0 Å². The molecule has 0 heterocycles. The standard InChI is InChI=1S/C18H23NO2/c1-12-4-7-14-10-16(12)17(11-18(14,2)3)13-5-8-15(9-6-13)19(20)21/h4-6,8-9,14,16-17H,7,10-11H2,1-3H3/t14-,16-,17-/m0/s1. The van der Waals surface area contributed by atoms with E-state index in [9.17, 15) is 10.1 Å². The number of nitrogens with zero attached hydrogens (tertiary/aromatic N) is 1. The Hall–Kier alpha value is -1.64. The molecular formula is C18H23NO2. The molecule has 0 unspecified atom stereocenters. The van der Waals surface area contributed by atoms with E-state index >= 15 is 0 Å². The Bertz CT molecular complexity index is 586. The summed E-state index contributed by atoms with van der Waals surface area (Å²) in [7, 11) is 0. The number of fused-ring (bicyclic) bond motifs is 2. The van der Waals surface area contributed by atoms with Crippen LogP contribution in [0.3, 0.4) is 0 Å². The second-order valence-electron chi connectivity index (χ2n) is 7.37. The summed E-state index contributed by atoms with van der Waals surface area (Å²) >= 11 is 0. The number of hydrogen-bond acceptors (Lipinski definition) is 2. The van der Waals surface area contributed by atoms with Gasteiger partial charge in [0.15, 0.2) is 0 Å². The molecule has 1 aromatic rings. The third kappa shape index (κ3) is 2.50. The van der Waals surface area contributed by atoms with Crippen LogP contribution >= 0.6 is 0 Å². The molecule has 2 aliphatic rings. The summed E-state index contributed by atoms with van der Waals surface area (Å²) in [5.74, 6) is 1.88. The molecule has 0 spiro atoms.